The number of ether oxygens (including phenoxy) is 2. The highest BCUT2D eigenvalue weighted by Gasteiger charge is 2.35. The normalized spacial score (nSPS) is 16.8. The maximum Gasteiger partial charge on any atom is 0.257 e. The molecule has 2 heterocycles. The number of hydrogen-bond donors (Lipinski definition) is 1. The number of methoxy groups -OCH3 is 1. The van der Waals surface area contributed by atoms with Crippen LogP contribution in [0.15, 0.2) is 36.4 Å². The van der Waals surface area contributed by atoms with Gasteiger partial charge in [0.2, 0.25) is 5.91 Å². The number of amides is 2. The Kier molecular flexibility index (Phi) is 6.02. The third-order valence-electron chi connectivity index (χ3n) is 6.07. The first-order valence-electron chi connectivity index (χ1n) is 10.8. The summed E-state index contributed by atoms with van der Waals surface area (Å²) in [6.45, 7) is 3.55. The Labute approximate surface area is 182 Å². The molecule has 0 aromatic heterocycles. The lowest BCUT2D eigenvalue weighted by Gasteiger charge is -2.41. The number of likely N-dealkylation sites (tertiary alicyclic amines) is 1. The minimum atomic E-state index is -0.0821. The standard InChI is InChI=1S/C24H28N2O5/c1-3-31-17-7-8-19(22(15-17)30-2)24(29)25-13-11-16(12-14-25)26-20-5-4-6-21(27)18(20)9-10-23(26)28/h4-8,15-16,27H,3,9-14H2,1-2H3. The predicted octanol–water partition coefficient (Wildman–Crippen LogP) is 3.38. The molecular weight excluding hydrogens is 396 g/mol. The van der Waals surface area contributed by atoms with Gasteiger partial charge in [0.15, 0.2) is 0 Å². The number of phenolic OH excluding ortho intramolecular Hbond substituents is 1. The molecule has 0 atom stereocenters. The van der Waals surface area contributed by atoms with Crippen molar-refractivity contribution in [1.29, 1.82) is 0 Å². The van der Waals surface area contributed by atoms with Crippen molar-refractivity contribution >= 4 is 17.5 Å². The molecule has 0 spiro atoms. The minimum absolute atomic E-state index is 0.0135. The molecule has 0 unspecified atom stereocenters. The van der Waals surface area contributed by atoms with Gasteiger partial charge in [-0.05, 0) is 50.5 Å². The summed E-state index contributed by atoms with van der Waals surface area (Å²) >= 11 is 0. The highest BCUT2D eigenvalue weighted by atomic mass is 16.5. The topological polar surface area (TPSA) is 79.3 Å². The van der Waals surface area contributed by atoms with Gasteiger partial charge in [0.25, 0.3) is 5.91 Å². The molecule has 2 aliphatic rings. The molecule has 0 radical (unpaired) electrons. The lowest BCUT2D eigenvalue weighted by Crippen LogP contribution is -2.50. The highest BCUT2D eigenvalue weighted by Crippen LogP contribution is 2.37. The molecule has 1 fully saturated rings. The van der Waals surface area contributed by atoms with Crippen LogP contribution >= 0.6 is 0 Å². The van der Waals surface area contributed by atoms with Crippen LogP contribution in [0.4, 0.5) is 5.69 Å². The Bertz CT molecular complexity index is 982. The van der Waals surface area contributed by atoms with Gasteiger partial charge in [0.05, 0.1) is 25.0 Å². The molecule has 2 aromatic rings. The molecule has 2 aromatic carbocycles. The third kappa shape index (κ3) is 4.04. The van der Waals surface area contributed by atoms with Crippen LogP contribution in [0.1, 0.15) is 42.1 Å². The van der Waals surface area contributed by atoms with Gasteiger partial charge in [0, 0.05) is 37.2 Å². The first-order valence-corrected chi connectivity index (χ1v) is 10.8. The number of benzene rings is 2. The summed E-state index contributed by atoms with van der Waals surface area (Å²) in [7, 11) is 1.54. The van der Waals surface area contributed by atoms with Gasteiger partial charge in [-0.3, -0.25) is 9.59 Å². The van der Waals surface area contributed by atoms with Gasteiger partial charge in [-0.15, -0.1) is 0 Å². The number of carbonyl (C=O) groups is 2. The molecule has 7 heteroatoms. The summed E-state index contributed by atoms with van der Waals surface area (Å²) in [6.07, 6.45) is 2.33. The Morgan fingerprint density at radius 2 is 1.94 bits per heavy atom. The average Bonchev–Trinajstić information content (AvgIpc) is 2.79. The summed E-state index contributed by atoms with van der Waals surface area (Å²) in [6, 6.07) is 10.6. The van der Waals surface area contributed by atoms with Crippen LogP contribution < -0.4 is 14.4 Å². The molecule has 0 aliphatic carbocycles. The fourth-order valence-electron chi connectivity index (χ4n) is 4.53. The van der Waals surface area contributed by atoms with Crippen LogP contribution in [0.25, 0.3) is 0 Å². The van der Waals surface area contributed by atoms with Crippen molar-refractivity contribution in [3.63, 3.8) is 0 Å². The Morgan fingerprint density at radius 1 is 1.16 bits per heavy atom. The molecule has 2 aliphatic heterocycles. The summed E-state index contributed by atoms with van der Waals surface area (Å²) in [5.74, 6) is 1.40. The molecule has 4 rings (SSSR count). The summed E-state index contributed by atoms with van der Waals surface area (Å²) in [5.41, 5.74) is 2.14. The van der Waals surface area contributed by atoms with E-state index in [0.29, 0.717) is 62.4 Å². The molecule has 31 heavy (non-hydrogen) atoms. The summed E-state index contributed by atoms with van der Waals surface area (Å²) < 4.78 is 10.9. The van der Waals surface area contributed by atoms with Crippen LogP contribution in [0.3, 0.4) is 0 Å². The van der Waals surface area contributed by atoms with E-state index < -0.39 is 0 Å². The number of aromatic hydroxyl groups is 1. The zero-order valence-corrected chi connectivity index (χ0v) is 18.0. The van der Waals surface area contributed by atoms with Crippen molar-refractivity contribution in [1.82, 2.24) is 4.90 Å². The Hall–Kier alpha value is -3.22. The maximum atomic E-state index is 13.1. The van der Waals surface area contributed by atoms with Crippen LogP contribution in [0.5, 0.6) is 17.2 Å². The molecule has 1 saturated heterocycles. The second-order valence-corrected chi connectivity index (χ2v) is 7.86. The first-order chi connectivity index (χ1) is 15.0. The number of rotatable bonds is 5. The zero-order chi connectivity index (χ0) is 22.0. The molecule has 164 valence electrons. The molecule has 2 amide bonds. The Morgan fingerprint density at radius 3 is 2.65 bits per heavy atom. The maximum absolute atomic E-state index is 13.1. The van der Waals surface area contributed by atoms with Gasteiger partial charge in [0.1, 0.15) is 17.2 Å². The van der Waals surface area contributed by atoms with Crippen LogP contribution in [-0.2, 0) is 11.2 Å². The van der Waals surface area contributed by atoms with Crippen molar-refractivity contribution in [2.45, 2.75) is 38.6 Å². The second-order valence-electron chi connectivity index (χ2n) is 7.86. The van der Waals surface area contributed by atoms with E-state index in [1.807, 2.05) is 22.8 Å². The predicted molar refractivity (Wildman–Crippen MR) is 117 cm³/mol. The number of anilines is 1. The highest BCUT2D eigenvalue weighted by molar-refractivity contribution is 5.98. The average molecular weight is 424 g/mol. The molecular formula is C24H28N2O5. The number of hydrogen-bond acceptors (Lipinski definition) is 5. The van der Waals surface area contributed by atoms with Crippen molar-refractivity contribution in [2.24, 2.45) is 0 Å². The Balaban J connectivity index is 1.48. The van der Waals surface area contributed by atoms with Gasteiger partial charge in [-0.2, -0.15) is 0 Å². The number of fused-ring (bicyclic) bond motifs is 1. The molecule has 0 bridgehead atoms. The first kappa shape index (κ1) is 21.0. The van der Waals surface area contributed by atoms with Gasteiger partial charge < -0.3 is 24.4 Å². The van der Waals surface area contributed by atoms with E-state index in [4.69, 9.17) is 9.47 Å². The van der Waals surface area contributed by atoms with Crippen LogP contribution in [0, 0.1) is 0 Å². The molecule has 7 nitrogen and oxygen atoms in total. The van der Waals surface area contributed by atoms with E-state index in [2.05, 4.69) is 0 Å². The SMILES string of the molecule is CCOc1ccc(C(=O)N2CCC(N3C(=O)CCc4c(O)cccc43)CC2)c(OC)c1. The number of carbonyl (C=O) groups excluding carboxylic acids is 2. The minimum Gasteiger partial charge on any atom is -0.508 e. The summed E-state index contributed by atoms with van der Waals surface area (Å²) in [4.78, 5) is 29.5. The fraction of sp³-hybridized carbons (Fsp3) is 0.417. The molecule has 0 saturated carbocycles. The van der Waals surface area contributed by atoms with Crippen molar-refractivity contribution in [2.75, 3.05) is 31.7 Å². The van der Waals surface area contributed by atoms with E-state index in [9.17, 15) is 14.7 Å². The zero-order valence-electron chi connectivity index (χ0n) is 18.0. The van der Waals surface area contributed by atoms with Gasteiger partial charge in [-0.1, -0.05) is 6.07 Å². The van der Waals surface area contributed by atoms with Crippen LogP contribution in [0.2, 0.25) is 0 Å². The summed E-state index contributed by atoms with van der Waals surface area (Å²) in [5, 5.41) is 10.2. The van der Waals surface area contributed by atoms with Gasteiger partial charge >= 0.3 is 0 Å². The number of phenols is 1. The fourth-order valence-corrected chi connectivity index (χ4v) is 4.53. The number of nitrogens with zero attached hydrogens (tertiary/aromatic N) is 2. The van der Waals surface area contributed by atoms with Crippen molar-refractivity contribution < 1.29 is 24.2 Å². The quantitative estimate of drug-likeness (QED) is 0.796. The lowest BCUT2D eigenvalue weighted by atomic mass is 9.94. The smallest absolute Gasteiger partial charge is 0.257 e. The monoisotopic (exact) mass is 424 g/mol. The second kappa shape index (κ2) is 8.88. The van der Waals surface area contributed by atoms with E-state index >= 15 is 0 Å². The van der Waals surface area contributed by atoms with E-state index in [-0.39, 0.29) is 23.6 Å². The van der Waals surface area contributed by atoms with Gasteiger partial charge in [-0.25, -0.2) is 0 Å². The lowest BCUT2D eigenvalue weighted by molar-refractivity contribution is -0.119. The van der Waals surface area contributed by atoms with Crippen LogP contribution in [-0.4, -0.2) is 54.7 Å². The van der Waals surface area contributed by atoms with E-state index in [1.54, 1.807) is 37.4 Å². The van der Waals surface area contributed by atoms with Crippen molar-refractivity contribution in [3.8, 4) is 17.2 Å². The molecule has 1 N–H and O–H groups in total. The van der Waals surface area contributed by atoms with E-state index in [0.717, 1.165) is 11.3 Å². The van der Waals surface area contributed by atoms with E-state index in [1.165, 1.54) is 0 Å². The van der Waals surface area contributed by atoms with Crippen molar-refractivity contribution in [3.05, 3.63) is 47.5 Å². The number of piperidine rings is 1. The largest absolute Gasteiger partial charge is 0.508 e. The third-order valence-corrected chi connectivity index (χ3v) is 6.07.